The Hall–Kier alpha value is -2.21. The summed E-state index contributed by atoms with van der Waals surface area (Å²) < 4.78 is 5.88. The third-order valence-electron chi connectivity index (χ3n) is 3.77. The van der Waals surface area contributed by atoms with Crippen LogP contribution in [0.5, 0.6) is 0 Å². The van der Waals surface area contributed by atoms with E-state index in [1.807, 2.05) is 42.5 Å². The van der Waals surface area contributed by atoms with Crippen LogP contribution in [-0.2, 0) is 4.79 Å². The summed E-state index contributed by atoms with van der Waals surface area (Å²) in [7, 11) is 0. The number of nitrogens with zero attached hydrogens (tertiary/aromatic N) is 1. The Bertz CT molecular complexity index is 1000. The molecule has 4 nitrogen and oxygen atoms in total. The number of hydrogen-bond acceptors (Lipinski definition) is 4. The second-order valence-electron chi connectivity index (χ2n) is 5.57. The van der Waals surface area contributed by atoms with Gasteiger partial charge < -0.3 is 9.73 Å². The van der Waals surface area contributed by atoms with Gasteiger partial charge >= 0.3 is 0 Å². The molecule has 130 valence electrons. The van der Waals surface area contributed by atoms with Crippen LogP contribution in [0.3, 0.4) is 0 Å². The fraction of sp³-hybridized carbons (Fsp3) is 0.0526. The van der Waals surface area contributed by atoms with Gasteiger partial charge in [0.2, 0.25) is 5.91 Å². The smallest absolute Gasteiger partial charge is 0.247 e. The summed E-state index contributed by atoms with van der Waals surface area (Å²) in [5, 5.41) is 3.80. The predicted molar refractivity (Wildman–Crippen MR) is 106 cm³/mol. The molecule has 2 heterocycles. The zero-order chi connectivity index (χ0) is 18.1. The van der Waals surface area contributed by atoms with Crippen molar-refractivity contribution in [2.75, 3.05) is 0 Å². The monoisotopic (exact) mass is 402 g/mol. The summed E-state index contributed by atoms with van der Waals surface area (Å²) in [6.07, 6.45) is 0. The average Bonchev–Trinajstić information content (AvgIpc) is 3.25. The number of furan rings is 1. The van der Waals surface area contributed by atoms with Gasteiger partial charge in [-0.2, -0.15) is 0 Å². The van der Waals surface area contributed by atoms with E-state index in [1.54, 1.807) is 18.2 Å². The number of halogens is 2. The maximum absolute atomic E-state index is 12.3. The molecule has 1 saturated heterocycles. The molecule has 1 unspecified atom stereocenters. The van der Waals surface area contributed by atoms with Crippen LogP contribution >= 0.6 is 35.0 Å². The molecule has 0 radical (unpaired) electrons. The average molecular weight is 403 g/mol. The van der Waals surface area contributed by atoms with Gasteiger partial charge in [0.15, 0.2) is 5.17 Å². The highest BCUT2D eigenvalue weighted by Crippen LogP contribution is 2.38. The Kier molecular flexibility index (Phi) is 4.76. The summed E-state index contributed by atoms with van der Waals surface area (Å²) in [5.74, 6) is 1.03. The molecule has 0 aliphatic carbocycles. The van der Waals surface area contributed by atoms with E-state index >= 15 is 0 Å². The highest BCUT2D eigenvalue weighted by molar-refractivity contribution is 8.15. The molecule has 1 fully saturated rings. The number of rotatable bonds is 3. The van der Waals surface area contributed by atoms with Crippen molar-refractivity contribution in [3.8, 4) is 11.3 Å². The van der Waals surface area contributed by atoms with Crippen molar-refractivity contribution in [3.05, 3.63) is 76.5 Å². The first-order valence-electron chi connectivity index (χ1n) is 7.76. The maximum atomic E-state index is 12.3. The molecular formula is C19H12Cl2N2O2S. The lowest BCUT2D eigenvalue weighted by atomic mass is 10.2. The second kappa shape index (κ2) is 7.19. The molecule has 7 heteroatoms. The Labute approximate surface area is 164 Å². The lowest BCUT2D eigenvalue weighted by Crippen LogP contribution is -2.21. The first-order chi connectivity index (χ1) is 12.6. The molecule has 0 saturated carbocycles. The van der Waals surface area contributed by atoms with E-state index in [-0.39, 0.29) is 5.91 Å². The quantitative estimate of drug-likeness (QED) is 0.597. The summed E-state index contributed by atoms with van der Waals surface area (Å²) in [6.45, 7) is 0. The summed E-state index contributed by atoms with van der Waals surface area (Å²) in [4.78, 5) is 16.8. The fourth-order valence-corrected chi connectivity index (χ4v) is 3.77. The fourth-order valence-electron chi connectivity index (χ4n) is 2.53. The maximum Gasteiger partial charge on any atom is 0.247 e. The van der Waals surface area contributed by atoms with Gasteiger partial charge in [0.1, 0.15) is 16.8 Å². The number of amides is 1. The highest BCUT2D eigenvalue weighted by Gasteiger charge is 2.34. The van der Waals surface area contributed by atoms with Gasteiger partial charge in [-0.1, -0.05) is 53.2 Å². The molecule has 4 rings (SSSR count). The molecule has 1 aliphatic heterocycles. The number of aliphatic imine (C=N–C) groups is 1. The van der Waals surface area contributed by atoms with Crippen LogP contribution in [0.2, 0.25) is 10.0 Å². The molecule has 0 bridgehead atoms. The molecule has 3 aromatic rings. The van der Waals surface area contributed by atoms with Crippen LogP contribution in [0.4, 0.5) is 5.69 Å². The molecule has 2 aromatic carbocycles. The lowest BCUT2D eigenvalue weighted by molar-refractivity contribution is -0.119. The number of carbonyl (C=O) groups excluding carboxylic acids is 1. The number of benzene rings is 2. The minimum Gasteiger partial charge on any atom is -0.459 e. The predicted octanol–water partition coefficient (Wildman–Crippen LogP) is 5.85. The summed E-state index contributed by atoms with van der Waals surface area (Å²) in [5.41, 5.74) is 1.58. The van der Waals surface area contributed by atoms with Crippen molar-refractivity contribution in [2.24, 2.45) is 4.99 Å². The van der Waals surface area contributed by atoms with Crippen LogP contribution in [0.15, 0.2) is 70.1 Å². The molecule has 1 aromatic heterocycles. The largest absolute Gasteiger partial charge is 0.459 e. The van der Waals surface area contributed by atoms with Crippen molar-refractivity contribution < 1.29 is 9.21 Å². The van der Waals surface area contributed by atoms with Gasteiger partial charge in [0.25, 0.3) is 0 Å². The van der Waals surface area contributed by atoms with E-state index in [0.717, 1.165) is 11.3 Å². The summed E-state index contributed by atoms with van der Waals surface area (Å²) >= 11 is 13.3. The number of carbonyl (C=O) groups is 1. The van der Waals surface area contributed by atoms with Crippen LogP contribution in [0.1, 0.15) is 11.0 Å². The van der Waals surface area contributed by atoms with E-state index in [9.17, 15) is 4.79 Å². The van der Waals surface area contributed by atoms with Gasteiger partial charge in [-0.3, -0.25) is 4.79 Å². The van der Waals surface area contributed by atoms with E-state index in [0.29, 0.717) is 26.7 Å². The van der Waals surface area contributed by atoms with E-state index in [1.165, 1.54) is 11.8 Å². The summed E-state index contributed by atoms with van der Waals surface area (Å²) in [6, 6.07) is 18.3. The Morgan fingerprint density at radius 2 is 1.81 bits per heavy atom. The van der Waals surface area contributed by atoms with Crippen molar-refractivity contribution in [2.45, 2.75) is 5.25 Å². The van der Waals surface area contributed by atoms with Crippen LogP contribution < -0.4 is 5.32 Å². The Morgan fingerprint density at radius 3 is 2.58 bits per heavy atom. The van der Waals surface area contributed by atoms with Crippen LogP contribution in [0.25, 0.3) is 11.3 Å². The van der Waals surface area contributed by atoms with Crippen LogP contribution in [0, 0.1) is 0 Å². The molecule has 26 heavy (non-hydrogen) atoms. The van der Waals surface area contributed by atoms with E-state index < -0.39 is 5.25 Å². The lowest BCUT2D eigenvalue weighted by Gasteiger charge is -2.02. The minimum atomic E-state index is -0.478. The molecule has 1 N–H and O–H groups in total. The standard InChI is InChI=1S/C19H12Cl2N2O2S/c20-13-7-6-11(10-14(13)21)15-8-9-16(25-15)17-18(24)23-19(26-17)22-12-4-2-1-3-5-12/h1-10,17H,(H,22,23,24). The number of thioether (sulfide) groups is 1. The van der Waals surface area contributed by atoms with Gasteiger partial charge in [0, 0.05) is 5.56 Å². The Morgan fingerprint density at radius 1 is 1.00 bits per heavy atom. The third-order valence-corrected chi connectivity index (χ3v) is 5.61. The molecular weight excluding hydrogens is 391 g/mol. The Balaban J connectivity index is 1.57. The number of nitrogens with one attached hydrogen (secondary N) is 1. The van der Waals surface area contributed by atoms with Crippen LogP contribution in [-0.4, -0.2) is 11.1 Å². The SMILES string of the molecule is O=C1NC(=Nc2ccccc2)SC1c1ccc(-c2ccc(Cl)c(Cl)c2)o1. The number of para-hydroxylation sites is 1. The van der Waals surface area contributed by atoms with E-state index in [4.69, 9.17) is 27.6 Å². The second-order valence-corrected chi connectivity index (χ2v) is 7.48. The first kappa shape index (κ1) is 17.2. The van der Waals surface area contributed by atoms with Crippen molar-refractivity contribution in [1.29, 1.82) is 0 Å². The molecule has 1 aliphatic rings. The molecule has 1 atom stereocenters. The zero-order valence-corrected chi connectivity index (χ0v) is 15.6. The topological polar surface area (TPSA) is 54.6 Å². The number of amidine groups is 1. The normalized spacial score (nSPS) is 18.3. The molecule has 1 amide bonds. The minimum absolute atomic E-state index is 0.153. The van der Waals surface area contributed by atoms with Gasteiger partial charge in [-0.05, 0) is 42.5 Å². The van der Waals surface area contributed by atoms with Crippen molar-refractivity contribution >= 4 is 51.7 Å². The van der Waals surface area contributed by atoms with Gasteiger partial charge in [-0.15, -0.1) is 0 Å². The van der Waals surface area contributed by atoms with Gasteiger partial charge in [0.05, 0.1) is 15.7 Å². The highest BCUT2D eigenvalue weighted by atomic mass is 35.5. The van der Waals surface area contributed by atoms with Crippen molar-refractivity contribution in [3.63, 3.8) is 0 Å². The zero-order valence-electron chi connectivity index (χ0n) is 13.3. The van der Waals surface area contributed by atoms with E-state index in [2.05, 4.69) is 10.3 Å². The number of hydrogen-bond donors (Lipinski definition) is 1. The van der Waals surface area contributed by atoms with Gasteiger partial charge in [-0.25, -0.2) is 4.99 Å². The first-order valence-corrected chi connectivity index (χ1v) is 9.40. The van der Waals surface area contributed by atoms with Crippen molar-refractivity contribution in [1.82, 2.24) is 5.32 Å². The molecule has 0 spiro atoms. The third kappa shape index (κ3) is 3.51.